The fourth-order valence-electron chi connectivity index (χ4n) is 5.31. The summed E-state index contributed by atoms with van der Waals surface area (Å²) in [5, 5.41) is 3.14. The van der Waals surface area contributed by atoms with Crippen LogP contribution in [0.1, 0.15) is 48.8 Å². The third-order valence-electron chi connectivity index (χ3n) is 7.49. The lowest BCUT2D eigenvalue weighted by Gasteiger charge is -2.35. The van der Waals surface area contributed by atoms with Gasteiger partial charge in [-0.05, 0) is 49.1 Å². The first kappa shape index (κ1) is 30.2. The molecule has 9 heteroatoms. The summed E-state index contributed by atoms with van der Waals surface area (Å²) in [6.45, 7) is 1.12. The summed E-state index contributed by atoms with van der Waals surface area (Å²) in [6, 6.07) is 21.3. The van der Waals surface area contributed by atoms with Gasteiger partial charge in [0.15, 0.2) is 0 Å². The number of hydrogen-bond donors (Lipinski definition) is 1. The Balaban J connectivity index is 1.73. The van der Waals surface area contributed by atoms with Gasteiger partial charge in [-0.1, -0.05) is 79.9 Å². The quantitative estimate of drug-likeness (QED) is 0.347. The van der Waals surface area contributed by atoms with E-state index in [0.717, 1.165) is 53.8 Å². The minimum Gasteiger partial charge on any atom is -0.352 e. The highest BCUT2D eigenvalue weighted by Crippen LogP contribution is 2.23. The molecule has 41 heavy (non-hydrogen) atoms. The second kappa shape index (κ2) is 13.8. The van der Waals surface area contributed by atoms with Crippen molar-refractivity contribution in [1.29, 1.82) is 0 Å². The fourth-order valence-corrected chi connectivity index (χ4v) is 6.15. The van der Waals surface area contributed by atoms with E-state index in [2.05, 4.69) is 5.32 Å². The molecule has 3 aromatic carbocycles. The molecule has 1 N–H and O–H groups in total. The molecule has 1 fully saturated rings. The number of carbonyl (C=O) groups is 2. The second-order valence-electron chi connectivity index (χ2n) is 10.8. The van der Waals surface area contributed by atoms with Gasteiger partial charge in [0.25, 0.3) is 0 Å². The van der Waals surface area contributed by atoms with Crippen LogP contribution in [0.5, 0.6) is 0 Å². The lowest BCUT2D eigenvalue weighted by atomic mass is 9.94. The Bertz CT molecular complexity index is 1440. The van der Waals surface area contributed by atoms with Gasteiger partial charge in [0.2, 0.25) is 21.8 Å². The van der Waals surface area contributed by atoms with Crippen LogP contribution in [0.2, 0.25) is 0 Å². The molecular weight excluding hydrogens is 541 g/mol. The van der Waals surface area contributed by atoms with E-state index >= 15 is 0 Å². The van der Waals surface area contributed by atoms with Crippen molar-refractivity contribution in [2.24, 2.45) is 0 Å². The van der Waals surface area contributed by atoms with E-state index in [9.17, 15) is 22.4 Å². The number of aryl methyl sites for hydroxylation is 1. The Morgan fingerprint density at radius 3 is 2.29 bits per heavy atom. The van der Waals surface area contributed by atoms with E-state index < -0.39 is 34.3 Å². The molecule has 0 unspecified atom stereocenters. The van der Waals surface area contributed by atoms with Crippen LogP contribution in [0.25, 0.3) is 0 Å². The molecule has 0 saturated heterocycles. The van der Waals surface area contributed by atoms with Crippen molar-refractivity contribution in [1.82, 2.24) is 10.2 Å². The highest BCUT2D eigenvalue weighted by Gasteiger charge is 2.34. The lowest BCUT2D eigenvalue weighted by molar-refractivity contribution is -0.140. The predicted molar refractivity (Wildman–Crippen MR) is 159 cm³/mol. The molecule has 1 saturated carbocycles. The molecule has 3 aromatic rings. The van der Waals surface area contributed by atoms with Crippen molar-refractivity contribution < 1.29 is 22.4 Å². The maximum atomic E-state index is 14.9. The predicted octanol–water partition coefficient (Wildman–Crippen LogP) is 4.99. The van der Waals surface area contributed by atoms with Crippen LogP contribution in [-0.4, -0.2) is 50.0 Å². The lowest BCUT2D eigenvalue weighted by Crippen LogP contribution is -2.55. The number of nitrogens with zero attached hydrogens (tertiary/aromatic N) is 2. The molecule has 1 aliphatic carbocycles. The zero-order valence-electron chi connectivity index (χ0n) is 23.6. The zero-order chi connectivity index (χ0) is 29.4. The average molecular weight is 580 g/mol. The highest BCUT2D eigenvalue weighted by molar-refractivity contribution is 7.92. The first-order valence-electron chi connectivity index (χ1n) is 14.0. The van der Waals surface area contributed by atoms with Crippen LogP contribution in [0.15, 0.2) is 78.9 Å². The first-order valence-corrected chi connectivity index (χ1v) is 15.9. The molecule has 1 atom stereocenters. The molecule has 0 spiro atoms. The second-order valence-corrected chi connectivity index (χ2v) is 12.7. The molecular formula is C32H38FN3O4S. The van der Waals surface area contributed by atoms with Gasteiger partial charge in [0.1, 0.15) is 18.4 Å². The monoisotopic (exact) mass is 579 g/mol. The molecule has 0 aliphatic heterocycles. The molecule has 0 bridgehead atoms. The Hall–Kier alpha value is -3.72. The summed E-state index contributed by atoms with van der Waals surface area (Å²) in [7, 11) is -3.86. The highest BCUT2D eigenvalue weighted by atomic mass is 32.2. The van der Waals surface area contributed by atoms with Crippen molar-refractivity contribution >= 4 is 27.5 Å². The van der Waals surface area contributed by atoms with Gasteiger partial charge in [-0.15, -0.1) is 0 Å². The summed E-state index contributed by atoms with van der Waals surface area (Å²) in [5.41, 5.74) is 2.26. The van der Waals surface area contributed by atoms with Crippen LogP contribution < -0.4 is 9.62 Å². The normalized spacial score (nSPS) is 14.7. The molecule has 218 valence electrons. The Morgan fingerprint density at radius 2 is 1.63 bits per heavy atom. The fraction of sp³-hybridized carbons (Fsp3) is 0.375. The van der Waals surface area contributed by atoms with Crippen molar-refractivity contribution in [2.75, 3.05) is 17.1 Å². The summed E-state index contributed by atoms with van der Waals surface area (Å²) in [4.78, 5) is 29.4. The SMILES string of the molecule is Cc1cccc(N(CC(=O)N(Cc2ccccc2F)[C@H](Cc2ccccc2)C(=O)NC2CCCCC2)S(C)(=O)=O)c1. The molecule has 0 heterocycles. The topological polar surface area (TPSA) is 86.8 Å². The van der Waals surface area contributed by atoms with Gasteiger partial charge < -0.3 is 10.2 Å². The summed E-state index contributed by atoms with van der Waals surface area (Å²) in [6.07, 6.45) is 6.13. The smallest absolute Gasteiger partial charge is 0.244 e. The summed E-state index contributed by atoms with van der Waals surface area (Å²) < 4.78 is 41.7. The molecule has 7 nitrogen and oxygen atoms in total. The van der Waals surface area contributed by atoms with Gasteiger partial charge in [-0.25, -0.2) is 12.8 Å². The molecule has 2 amide bonds. The maximum Gasteiger partial charge on any atom is 0.244 e. The Morgan fingerprint density at radius 1 is 0.951 bits per heavy atom. The molecule has 4 rings (SSSR count). The zero-order valence-corrected chi connectivity index (χ0v) is 24.4. The number of benzene rings is 3. The van der Waals surface area contributed by atoms with E-state index in [-0.39, 0.29) is 30.5 Å². The van der Waals surface area contributed by atoms with Gasteiger partial charge in [0, 0.05) is 24.6 Å². The number of amides is 2. The molecule has 0 radical (unpaired) electrons. The minimum atomic E-state index is -3.86. The number of hydrogen-bond acceptors (Lipinski definition) is 4. The van der Waals surface area contributed by atoms with Gasteiger partial charge in [-0.2, -0.15) is 0 Å². The maximum absolute atomic E-state index is 14.9. The average Bonchev–Trinajstić information content (AvgIpc) is 2.95. The third-order valence-corrected chi connectivity index (χ3v) is 8.63. The number of carbonyl (C=O) groups excluding carboxylic acids is 2. The van der Waals surface area contributed by atoms with Gasteiger partial charge >= 0.3 is 0 Å². The number of nitrogens with one attached hydrogen (secondary N) is 1. The van der Waals surface area contributed by atoms with Crippen molar-refractivity contribution in [2.45, 2.75) is 64.1 Å². The standard InChI is InChI=1S/C32H38FN3O4S/c1-24-12-11-18-28(20-24)36(41(2,39)40)23-31(37)35(22-26-15-9-10-19-29(26)33)30(21-25-13-5-3-6-14-25)32(38)34-27-16-7-4-8-17-27/h3,5-6,9-15,18-20,27,30H,4,7-8,16-17,21-23H2,1-2H3,(H,34,38)/t30-/m1/s1. The van der Waals surface area contributed by atoms with Crippen LogP contribution >= 0.6 is 0 Å². The van der Waals surface area contributed by atoms with E-state index in [4.69, 9.17) is 0 Å². The van der Waals surface area contributed by atoms with E-state index in [0.29, 0.717) is 5.69 Å². The summed E-state index contributed by atoms with van der Waals surface area (Å²) in [5.74, 6) is -1.43. The van der Waals surface area contributed by atoms with Crippen LogP contribution in [-0.2, 0) is 32.6 Å². The molecule has 1 aliphatic rings. The number of anilines is 1. The van der Waals surface area contributed by atoms with Gasteiger partial charge in [0.05, 0.1) is 11.9 Å². The van der Waals surface area contributed by atoms with Crippen LogP contribution in [0, 0.1) is 12.7 Å². The Kier molecular flexibility index (Phi) is 10.2. The van der Waals surface area contributed by atoms with E-state index in [1.165, 1.54) is 11.0 Å². The minimum absolute atomic E-state index is 0.000233. The largest absolute Gasteiger partial charge is 0.352 e. The number of rotatable bonds is 11. The van der Waals surface area contributed by atoms with Crippen molar-refractivity contribution in [3.8, 4) is 0 Å². The Labute approximate surface area is 242 Å². The third kappa shape index (κ3) is 8.39. The van der Waals surface area contributed by atoms with Crippen LogP contribution in [0.4, 0.5) is 10.1 Å². The van der Waals surface area contributed by atoms with E-state index in [1.807, 2.05) is 43.3 Å². The number of sulfonamides is 1. The van der Waals surface area contributed by atoms with Crippen LogP contribution in [0.3, 0.4) is 0 Å². The summed E-state index contributed by atoms with van der Waals surface area (Å²) >= 11 is 0. The van der Waals surface area contributed by atoms with Crippen molar-refractivity contribution in [3.63, 3.8) is 0 Å². The van der Waals surface area contributed by atoms with Crippen molar-refractivity contribution in [3.05, 3.63) is 101 Å². The number of halogens is 1. The van der Waals surface area contributed by atoms with Gasteiger partial charge in [-0.3, -0.25) is 13.9 Å². The molecule has 0 aromatic heterocycles. The van der Waals surface area contributed by atoms with E-state index in [1.54, 1.807) is 36.4 Å². The first-order chi connectivity index (χ1) is 19.6.